The van der Waals surface area contributed by atoms with E-state index >= 15 is 0 Å². The van der Waals surface area contributed by atoms with Crippen LogP contribution in [0.2, 0.25) is 0 Å². The first kappa shape index (κ1) is 19.0. The lowest BCUT2D eigenvalue weighted by Gasteiger charge is -2.24. The number of hydrogen-bond acceptors (Lipinski definition) is 6. The van der Waals surface area contributed by atoms with Crippen molar-refractivity contribution in [2.75, 3.05) is 28.4 Å². The molecule has 0 bridgehead atoms. The molecule has 0 radical (unpaired) electrons. The highest BCUT2D eigenvalue weighted by Crippen LogP contribution is 2.39. The first-order valence-corrected chi connectivity index (χ1v) is 9.24. The van der Waals surface area contributed by atoms with Crippen LogP contribution in [0.3, 0.4) is 0 Å². The second-order valence-corrected chi connectivity index (χ2v) is 7.09. The number of aromatic nitrogens is 1. The van der Waals surface area contributed by atoms with Crippen LogP contribution in [0.1, 0.15) is 28.3 Å². The summed E-state index contributed by atoms with van der Waals surface area (Å²) >= 11 is 1.59. The molecule has 142 valence electrons. The SMILES string of the molecule is COc1cc(C(=O)N(C)C(C)c2nc3ccccc3s2)cc(OC)c1OC. The molecule has 27 heavy (non-hydrogen) atoms. The zero-order valence-electron chi connectivity index (χ0n) is 16.0. The molecule has 3 rings (SSSR count). The molecular formula is C20H22N2O4S. The summed E-state index contributed by atoms with van der Waals surface area (Å²) in [5.41, 5.74) is 1.40. The number of amides is 1. The lowest BCUT2D eigenvalue weighted by molar-refractivity contribution is 0.0741. The number of thiazole rings is 1. The molecule has 0 aliphatic heterocycles. The summed E-state index contributed by atoms with van der Waals surface area (Å²) in [7, 11) is 6.35. The maximum absolute atomic E-state index is 13.1. The summed E-state index contributed by atoms with van der Waals surface area (Å²) in [6.45, 7) is 1.97. The summed E-state index contributed by atoms with van der Waals surface area (Å²) in [4.78, 5) is 19.4. The van der Waals surface area contributed by atoms with E-state index < -0.39 is 0 Å². The molecule has 3 aromatic rings. The van der Waals surface area contributed by atoms with Gasteiger partial charge in [0.05, 0.1) is 37.6 Å². The van der Waals surface area contributed by atoms with Crippen molar-refractivity contribution in [3.8, 4) is 17.2 Å². The smallest absolute Gasteiger partial charge is 0.254 e. The molecule has 1 amide bonds. The monoisotopic (exact) mass is 386 g/mol. The van der Waals surface area contributed by atoms with Crippen LogP contribution in [0.25, 0.3) is 10.2 Å². The lowest BCUT2D eigenvalue weighted by Crippen LogP contribution is -2.29. The Bertz CT molecular complexity index is 912. The van der Waals surface area contributed by atoms with E-state index in [1.165, 1.54) is 21.3 Å². The fourth-order valence-corrected chi connectivity index (χ4v) is 3.88. The number of rotatable bonds is 6. The standard InChI is InChI=1S/C20H22N2O4S/c1-12(19-21-14-8-6-7-9-17(14)27-19)22(2)20(23)13-10-15(24-3)18(26-5)16(11-13)25-4/h6-12H,1-5H3. The van der Waals surface area contributed by atoms with Crippen molar-refractivity contribution >= 4 is 27.5 Å². The molecule has 0 fully saturated rings. The van der Waals surface area contributed by atoms with Gasteiger partial charge in [0.1, 0.15) is 5.01 Å². The van der Waals surface area contributed by atoms with E-state index in [-0.39, 0.29) is 11.9 Å². The van der Waals surface area contributed by atoms with E-state index in [2.05, 4.69) is 4.98 Å². The molecule has 0 aliphatic carbocycles. The van der Waals surface area contributed by atoms with Gasteiger partial charge in [-0.3, -0.25) is 4.79 Å². The minimum Gasteiger partial charge on any atom is -0.493 e. The lowest BCUT2D eigenvalue weighted by atomic mass is 10.1. The largest absolute Gasteiger partial charge is 0.493 e. The summed E-state index contributed by atoms with van der Waals surface area (Å²) in [6.07, 6.45) is 0. The quantitative estimate of drug-likeness (QED) is 0.637. The summed E-state index contributed by atoms with van der Waals surface area (Å²) < 4.78 is 17.1. The molecule has 2 aromatic carbocycles. The third-order valence-electron chi connectivity index (χ3n) is 4.48. The van der Waals surface area contributed by atoms with Crippen molar-refractivity contribution in [2.24, 2.45) is 0 Å². The van der Waals surface area contributed by atoms with Crippen molar-refractivity contribution in [1.29, 1.82) is 0 Å². The number of carbonyl (C=O) groups is 1. The van der Waals surface area contributed by atoms with Crippen molar-refractivity contribution in [2.45, 2.75) is 13.0 Å². The summed E-state index contributed by atoms with van der Waals surface area (Å²) in [5, 5.41) is 0.888. The molecule has 1 heterocycles. The number of para-hydroxylation sites is 1. The maximum atomic E-state index is 13.1. The van der Waals surface area contributed by atoms with Gasteiger partial charge in [0.2, 0.25) is 5.75 Å². The minimum absolute atomic E-state index is 0.152. The van der Waals surface area contributed by atoms with Crippen LogP contribution in [0.15, 0.2) is 36.4 Å². The van der Waals surface area contributed by atoms with Gasteiger partial charge in [-0.2, -0.15) is 0 Å². The molecule has 0 saturated carbocycles. The zero-order valence-corrected chi connectivity index (χ0v) is 16.8. The van der Waals surface area contributed by atoms with E-state index in [9.17, 15) is 4.79 Å². The van der Waals surface area contributed by atoms with Crippen LogP contribution in [0.5, 0.6) is 17.2 Å². The van der Waals surface area contributed by atoms with Crippen LogP contribution < -0.4 is 14.2 Å². The average molecular weight is 386 g/mol. The van der Waals surface area contributed by atoms with Crippen LogP contribution in [0, 0.1) is 0 Å². The van der Waals surface area contributed by atoms with E-state index in [0.717, 1.165) is 15.2 Å². The highest BCUT2D eigenvalue weighted by molar-refractivity contribution is 7.18. The molecule has 1 unspecified atom stereocenters. The summed E-state index contributed by atoms with van der Waals surface area (Å²) in [6, 6.07) is 11.1. The van der Waals surface area contributed by atoms with Gasteiger partial charge in [-0.15, -0.1) is 11.3 Å². The topological polar surface area (TPSA) is 60.9 Å². The van der Waals surface area contributed by atoms with E-state index in [0.29, 0.717) is 22.8 Å². The number of methoxy groups -OCH3 is 3. The Morgan fingerprint density at radius 1 is 1.07 bits per heavy atom. The number of nitrogens with zero attached hydrogens (tertiary/aromatic N) is 2. The van der Waals surface area contributed by atoms with Gasteiger partial charge in [0.25, 0.3) is 5.91 Å². The van der Waals surface area contributed by atoms with Crippen LogP contribution >= 0.6 is 11.3 Å². The predicted octanol–water partition coefficient (Wildman–Crippen LogP) is 4.16. The Morgan fingerprint density at radius 3 is 2.26 bits per heavy atom. The Kier molecular flexibility index (Phi) is 5.51. The highest BCUT2D eigenvalue weighted by Gasteiger charge is 2.24. The molecule has 0 aliphatic rings. The molecule has 6 nitrogen and oxygen atoms in total. The van der Waals surface area contributed by atoms with Gasteiger partial charge >= 0.3 is 0 Å². The highest BCUT2D eigenvalue weighted by atomic mass is 32.1. The Morgan fingerprint density at radius 2 is 1.70 bits per heavy atom. The molecule has 0 spiro atoms. The number of fused-ring (bicyclic) bond motifs is 1. The second kappa shape index (κ2) is 7.84. The Hall–Kier alpha value is -2.80. The van der Waals surface area contributed by atoms with Crippen molar-refractivity contribution < 1.29 is 19.0 Å². The number of ether oxygens (including phenoxy) is 3. The molecule has 7 heteroatoms. The average Bonchev–Trinajstić information content (AvgIpc) is 3.15. The second-order valence-electron chi connectivity index (χ2n) is 6.03. The molecule has 1 aromatic heterocycles. The first-order chi connectivity index (χ1) is 13.0. The summed E-state index contributed by atoms with van der Waals surface area (Å²) in [5.74, 6) is 1.20. The van der Waals surface area contributed by atoms with Crippen LogP contribution in [-0.4, -0.2) is 44.2 Å². The van der Waals surface area contributed by atoms with Crippen molar-refractivity contribution in [3.05, 3.63) is 47.0 Å². The maximum Gasteiger partial charge on any atom is 0.254 e. The van der Waals surface area contributed by atoms with Gasteiger partial charge in [-0.1, -0.05) is 12.1 Å². The fourth-order valence-electron chi connectivity index (χ4n) is 2.82. The van der Waals surface area contributed by atoms with Crippen LogP contribution in [-0.2, 0) is 0 Å². The Labute approximate surface area is 162 Å². The van der Waals surface area contributed by atoms with E-state index in [1.807, 2.05) is 31.2 Å². The molecule has 1 atom stereocenters. The van der Waals surface area contributed by atoms with Crippen molar-refractivity contribution in [1.82, 2.24) is 9.88 Å². The number of hydrogen-bond donors (Lipinski definition) is 0. The predicted molar refractivity (Wildman–Crippen MR) is 106 cm³/mol. The fraction of sp³-hybridized carbons (Fsp3) is 0.300. The third kappa shape index (κ3) is 3.55. The van der Waals surface area contributed by atoms with Gasteiger partial charge in [0, 0.05) is 12.6 Å². The zero-order chi connectivity index (χ0) is 19.6. The molecule has 0 saturated heterocycles. The van der Waals surface area contributed by atoms with Gasteiger partial charge in [0.15, 0.2) is 11.5 Å². The molecular weight excluding hydrogens is 364 g/mol. The normalized spacial score (nSPS) is 11.9. The third-order valence-corrected chi connectivity index (χ3v) is 5.69. The number of benzene rings is 2. The Balaban J connectivity index is 1.92. The van der Waals surface area contributed by atoms with Gasteiger partial charge in [-0.25, -0.2) is 4.98 Å². The van der Waals surface area contributed by atoms with Gasteiger partial charge < -0.3 is 19.1 Å². The van der Waals surface area contributed by atoms with E-state index in [4.69, 9.17) is 14.2 Å². The van der Waals surface area contributed by atoms with E-state index in [1.54, 1.807) is 35.4 Å². The minimum atomic E-state index is -0.172. The molecule has 0 N–H and O–H groups in total. The van der Waals surface area contributed by atoms with Crippen LogP contribution in [0.4, 0.5) is 0 Å². The number of carbonyl (C=O) groups excluding carboxylic acids is 1. The van der Waals surface area contributed by atoms with Gasteiger partial charge in [-0.05, 0) is 31.2 Å². The first-order valence-electron chi connectivity index (χ1n) is 8.42. The van der Waals surface area contributed by atoms with Crippen molar-refractivity contribution in [3.63, 3.8) is 0 Å².